The predicted molar refractivity (Wildman–Crippen MR) is 64.6 cm³/mol. The SMILES string of the molecule is Cc1sc(C2NC(C)CS2)cc1Br. The topological polar surface area (TPSA) is 12.0 Å². The first-order valence-corrected chi connectivity index (χ1v) is 6.96. The molecule has 2 rings (SSSR count). The number of rotatable bonds is 1. The first-order chi connectivity index (χ1) is 6.16. The van der Waals surface area contributed by atoms with Crippen LogP contribution in [0.5, 0.6) is 0 Å². The number of hydrogen-bond acceptors (Lipinski definition) is 3. The molecule has 0 amide bonds. The number of halogens is 1. The Labute approximate surface area is 95.4 Å². The van der Waals surface area contributed by atoms with E-state index in [4.69, 9.17) is 0 Å². The summed E-state index contributed by atoms with van der Waals surface area (Å²) >= 11 is 7.44. The molecule has 1 aromatic heterocycles. The van der Waals surface area contributed by atoms with Crippen molar-refractivity contribution in [3.8, 4) is 0 Å². The first-order valence-electron chi connectivity index (χ1n) is 4.30. The number of thioether (sulfide) groups is 1. The second-order valence-corrected chi connectivity index (χ2v) is 6.61. The molecule has 72 valence electrons. The molecule has 0 radical (unpaired) electrons. The van der Waals surface area contributed by atoms with E-state index in [1.54, 1.807) is 0 Å². The van der Waals surface area contributed by atoms with Gasteiger partial charge in [0.15, 0.2) is 0 Å². The number of hydrogen-bond donors (Lipinski definition) is 1. The molecule has 1 fully saturated rings. The van der Waals surface area contributed by atoms with Crippen LogP contribution in [0, 0.1) is 6.92 Å². The van der Waals surface area contributed by atoms with Crippen molar-refractivity contribution in [2.24, 2.45) is 0 Å². The van der Waals surface area contributed by atoms with Crippen LogP contribution in [-0.4, -0.2) is 11.8 Å². The molecule has 2 atom stereocenters. The Hall–Kier alpha value is 0.490. The van der Waals surface area contributed by atoms with Gasteiger partial charge >= 0.3 is 0 Å². The van der Waals surface area contributed by atoms with Crippen molar-refractivity contribution >= 4 is 39.0 Å². The van der Waals surface area contributed by atoms with Gasteiger partial charge in [0.2, 0.25) is 0 Å². The monoisotopic (exact) mass is 277 g/mol. The van der Waals surface area contributed by atoms with Gasteiger partial charge in [0.05, 0.1) is 5.37 Å². The van der Waals surface area contributed by atoms with Crippen molar-refractivity contribution in [3.05, 3.63) is 20.3 Å². The molecule has 1 aliphatic rings. The van der Waals surface area contributed by atoms with Gasteiger partial charge < -0.3 is 0 Å². The summed E-state index contributed by atoms with van der Waals surface area (Å²) in [6.45, 7) is 4.39. The molecule has 2 unspecified atom stereocenters. The Morgan fingerprint density at radius 2 is 2.38 bits per heavy atom. The van der Waals surface area contributed by atoms with E-state index in [2.05, 4.69) is 41.2 Å². The van der Waals surface area contributed by atoms with Crippen LogP contribution >= 0.6 is 39.0 Å². The minimum atomic E-state index is 0.519. The molecule has 1 nitrogen and oxygen atoms in total. The molecule has 1 saturated heterocycles. The number of thiophene rings is 1. The highest BCUT2D eigenvalue weighted by Crippen LogP contribution is 2.39. The van der Waals surface area contributed by atoms with E-state index in [1.165, 1.54) is 20.0 Å². The fourth-order valence-electron chi connectivity index (χ4n) is 1.37. The van der Waals surface area contributed by atoms with E-state index >= 15 is 0 Å². The van der Waals surface area contributed by atoms with Crippen LogP contribution in [-0.2, 0) is 0 Å². The summed E-state index contributed by atoms with van der Waals surface area (Å²) in [5, 5.41) is 4.08. The van der Waals surface area contributed by atoms with Gasteiger partial charge in [0.1, 0.15) is 0 Å². The lowest BCUT2D eigenvalue weighted by Gasteiger charge is -2.07. The molecular formula is C9H12BrNS2. The molecule has 4 heteroatoms. The van der Waals surface area contributed by atoms with Gasteiger partial charge in [-0.05, 0) is 35.8 Å². The Kier molecular flexibility index (Phi) is 3.03. The van der Waals surface area contributed by atoms with Crippen LogP contribution in [0.4, 0.5) is 0 Å². The van der Waals surface area contributed by atoms with E-state index < -0.39 is 0 Å². The average Bonchev–Trinajstić information content (AvgIpc) is 2.61. The van der Waals surface area contributed by atoms with E-state index in [0.717, 1.165) is 0 Å². The zero-order valence-electron chi connectivity index (χ0n) is 7.63. The van der Waals surface area contributed by atoms with Crippen LogP contribution in [0.15, 0.2) is 10.5 Å². The minimum absolute atomic E-state index is 0.519. The second-order valence-electron chi connectivity index (χ2n) is 3.33. The number of aryl methyl sites for hydroxylation is 1. The highest BCUT2D eigenvalue weighted by atomic mass is 79.9. The summed E-state index contributed by atoms with van der Waals surface area (Å²) in [6.07, 6.45) is 0. The summed E-state index contributed by atoms with van der Waals surface area (Å²) in [4.78, 5) is 2.82. The summed E-state index contributed by atoms with van der Waals surface area (Å²) in [5.41, 5.74) is 0. The van der Waals surface area contributed by atoms with Gasteiger partial charge in [0.25, 0.3) is 0 Å². The standard InChI is InChI=1S/C9H12BrNS2/c1-5-4-12-9(11-5)8-3-7(10)6(2)13-8/h3,5,9,11H,4H2,1-2H3. The van der Waals surface area contributed by atoms with E-state index in [-0.39, 0.29) is 0 Å². The molecule has 0 aliphatic carbocycles. The largest absolute Gasteiger partial charge is 0.298 e. The van der Waals surface area contributed by atoms with Crippen molar-refractivity contribution in [2.45, 2.75) is 25.3 Å². The highest BCUT2D eigenvalue weighted by molar-refractivity contribution is 9.10. The third kappa shape index (κ3) is 2.12. The fraction of sp³-hybridized carbons (Fsp3) is 0.556. The molecule has 0 aromatic carbocycles. The van der Waals surface area contributed by atoms with Gasteiger partial charge in [-0.2, -0.15) is 0 Å². The van der Waals surface area contributed by atoms with Gasteiger partial charge in [-0.1, -0.05) is 0 Å². The summed E-state index contributed by atoms with van der Waals surface area (Å²) in [6, 6.07) is 2.89. The Balaban J connectivity index is 2.17. The number of nitrogens with one attached hydrogen (secondary N) is 1. The van der Waals surface area contributed by atoms with E-state index in [9.17, 15) is 0 Å². The third-order valence-corrected chi connectivity index (χ3v) is 5.85. The van der Waals surface area contributed by atoms with Gasteiger partial charge in [-0.3, -0.25) is 5.32 Å². The van der Waals surface area contributed by atoms with Crippen LogP contribution in [0.25, 0.3) is 0 Å². The van der Waals surface area contributed by atoms with Crippen molar-refractivity contribution in [1.29, 1.82) is 0 Å². The van der Waals surface area contributed by atoms with Crippen LogP contribution in [0.2, 0.25) is 0 Å². The van der Waals surface area contributed by atoms with E-state index in [1.807, 2.05) is 23.1 Å². The Morgan fingerprint density at radius 1 is 1.62 bits per heavy atom. The molecular weight excluding hydrogens is 266 g/mol. The normalized spacial score (nSPS) is 28.2. The van der Waals surface area contributed by atoms with Crippen LogP contribution < -0.4 is 5.32 Å². The maximum Gasteiger partial charge on any atom is 0.0886 e. The maximum absolute atomic E-state index is 3.56. The van der Waals surface area contributed by atoms with Crippen LogP contribution in [0.3, 0.4) is 0 Å². The summed E-state index contributed by atoms with van der Waals surface area (Å²) in [5.74, 6) is 1.22. The van der Waals surface area contributed by atoms with Gasteiger partial charge in [-0.15, -0.1) is 23.1 Å². The van der Waals surface area contributed by atoms with Crippen molar-refractivity contribution in [2.75, 3.05) is 5.75 Å². The maximum atomic E-state index is 3.56. The molecule has 1 aromatic rings. The zero-order chi connectivity index (χ0) is 9.42. The molecule has 13 heavy (non-hydrogen) atoms. The van der Waals surface area contributed by atoms with Crippen molar-refractivity contribution < 1.29 is 0 Å². The first kappa shape index (κ1) is 10.0. The quantitative estimate of drug-likeness (QED) is 0.843. The van der Waals surface area contributed by atoms with Gasteiger partial charge in [0, 0.05) is 26.0 Å². The predicted octanol–water partition coefficient (Wildman–Crippen LogP) is 3.54. The lowest BCUT2D eigenvalue weighted by atomic mass is 10.3. The third-order valence-electron chi connectivity index (χ3n) is 2.08. The molecule has 1 N–H and O–H groups in total. The summed E-state index contributed by atoms with van der Waals surface area (Å²) in [7, 11) is 0. The molecule has 0 saturated carbocycles. The van der Waals surface area contributed by atoms with Gasteiger partial charge in [-0.25, -0.2) is 0 Å². The zero-order valence-corrected chi connectivity index (χ0v) is 10.9. The van der Waals surface area contributed by atoms with Crippen LogP contribution in [0.1, 0.15) is 22.1 Å². The van der Waals surface area contributed by atoms with E-state index in [0.29, 0.717) is 11.4 Å². The molecule has 2 heterocycles. The minimum Gasteiger partial charge on any atom is -0.298 e. The second kappa shape index (κ2) is 3.93. The van der Waals surface area contributed by atoms with Crippen molar-refractivity contribution in [3.63, 3.8) is 0 Å². The fourth-order valence-corrected chi connectivity index (χ4v) is 4.36. The lowest BCUT2D eigenvalue weighted by Crippen LogP contribution is -2.21. The molecule has 1 aliphatic heterocycles. The molecule has 0 bridgehead atoms. The summed E-state index contributed by atoms with van der Waals surface area (Å²) < 4.78 is 1.24. The lowest BCUT2D eigenvalue weighted by molar-refractivity contribution is 0.623. The Morgan fingerprint density at radius 3 is 2.85 bits per heavy atom. The molecule has 0 spiro atoms. The highest BCUT2D eigenvalue weighted by Gasteiger charge is 2.23. The smallest absolute Gasteiger partial charge is 0.0886 e. The average molecular weight is 278 g/mol. The van der Waals surface area contributed by atoms with Crippen molar-refractivity contribution in [1.82, 2.24) is 5.32 Å². The Bertz CT molecular complexity index is 291.